The van der Waals surface area contributed by atoms with Crippen molar-refractivity contribution >= 4 is 0 Å². The molecule has 0 bridgehead atoms. The van der Waals surface area contributed by atoms with Crippen molar-refractivity contribution in [3.8, 4) is 0 Å². The molecule has 1 aromatic rings. The summed E-state index contributed by atoms with van der Waals surface area (Å²) in [5.41, 5.74) is 3.14. The molecule has 1 nitrogen and oxygen atoms in total. The summed E-state index contributed by atoms with van der Waals surface area (Å²) in [5.74, 6) is 0.617. The summed E-state index contributed by atoms with van der Waals surface area (Å²) in [6.45, 7) is 11.3. The van der Waals surface area contributed by atoms with Gasteiger partial charge in [0.1, 0.15) is 0 Å². The fourth-order valence-electron chi connectivity index (χ4n) is 2.12. The second kappa shape index (κ2) is 5.68. The fraction of sp³-hybridized carbons (Fsp3) is 0.625. The zero-order chi connectivity index (χ0) is 13.1. The van der Waals surface area contributed by atoms with Gasteiger partial charge < -0.3 is 5.32 Å². The molecule has 17 heavy (non-hydrogen) atoms. The average molecular weight is 233 g/mol. The van der Waals surface area contributed by atoms with Gasteiger partial charge in [-0.15, -0.1) is 0 Å². The number of rotatable bonds is 4. The van der Waals surface area contributed by atoms with Crippen LogP contribution in [-0.4, -0.2) is 13.1 Å². The van der Waals surface area contributed by atoms with Gasteiger partial charge in [0, 0.05) is 6.04 Å². The summed E-state index contributed by atoms with van der Waals surface area (Å²) in [6.07, 6.45) is 1.10. The molecule has 0 spiro atoms. The molecule has 0 heterocycles. The Hall–Kier alpha value is -0.820. The van der Waals surface area contributed by atoms with E-state index in [4.69, 9.17) is 0 Å². The first-order valence-corrected chi connectivity index (χ1v) is 6.60. The van der Waals surface area contributed by atoms with E-state index in [2.05, 4.69) is 71.2 Å². The Kier molecular flexibility index (Phi) is 4.76. The van der Waals surface area contributed by atoms with Gasteiger partial charge >= 0.3 is 0 Å². The molecule has 0 saturated carbocycles. The maximum Gasteiger partial charge on any atom is 0.0153 e. The molecule has 0 aliphatic rings. The van der Waals surface area contributed by atoms with E-state index in [9.17, 15) is 0 Å². The molecule has 0 fully saturated rings. The second-order valence-corrected chi connectivity index (χ2v) is 6.31. The van der Waals surface area contributed by atoms with Crippen molar-refractivity contribution in [1.82, 2.24) is 5.32 Å². The van der Waals surface area contributed by atoms with Crippen LogP contribution in [-0.2, 0) is 6.42 Å². The Labute approximate surface area is 107 Å². The first-order chi connectivity index (χ1) is 7.84. The van der Waals surface area contributed by atoms with Crippen LogP contribution in [0.25, 0.3) is 0 Å². The van der Waals surface area contributed by atoms with Crippen LogP contribution < -0.4 is 5.32 Å². The van der Waals surface area contributed by atoms with E-state index < -0.39 is 0 Å². The lowest BCUT2D eigenvalue weighted by molar-refractivity contribution is 0.280. The molecule has 0 aliphatic heterocycles. The van der Waals surface area contributed by atoms with Gasteiger partial charge in [-0.05, 0) is 35.9 Å². The zero-order valence-electron chi connectivity index (χ0n) is 12.2. The Morgan fingerprint density at radius 3 is 1.94 bits per heavy atom. The van der Waals surface area contributed by atoms with Crippen LogP contribution >= 0.6 is 0 Å². The Morgan fingerprint density at radius 1 is 1.06 bits per heavy atom. The average Bonchev–Trinajstić information content (AvgIpc) is 2.24. The SMILES string of the molecule is CNC(Cc1ccc(C(C)C)cc1)C(C)(C)C. The molecule has 1 N–H and O–H groups in total. The van der Waals surface area contributed by atoms with E-state index in [-0.39, 0.29) is 0 Å². The first kappa shape index (κ1) is 14.2. The summed E-state index contributed by atoms with van der Waals surface area (Å²) in [6, 6.07) is 9.58. The quantitative estimate of drug-likeness (QED) is 0.829. The van der Waals surface area contributed by atoms with Gasteiger partial charge in [0.25, 0.3) is 0 Å². The number of benzene rings is 1. The Balaban J connectivity index is 2.74. The monoisotopic (exact) mass is 233 g/mol. The number of likely N-dealkylation sites (N-methyl/N-ethyl adjacent to an activating group) is 1. The highest BCUT2D eigenvalue weighted by atomic mass is 14.9. The van der Waals surface area contributed by atoms with Crippen molar-refractivity contribution in [3.63, 3.8) is 0 Å². The predicted molar refractivity (Wildman–Crippen MR) is 76.5 cm³/mol. The maximum atomic E-state index is 3.43. The largest absolute Gasteiger partial charge is 0.316 e. The van der Waals surface area contributed by atoms with Crippen LogP contribution in [0.4, 0.5) is 0 Å². The van der Waals surface area contributed by atoms with Gasteiger partial charge in [-0.2, -0.15) is 0 Å². The number of hydrogen-bond acceptors (Lipinski definition) is 1. The molecule has 1 atom stereocenters. The minimum absolute atomic E-state index is 0.297. The normalized spacial score (nSPS) is 14.1. The summed E-state index contributed by atoms with van der Waals surface area (Å²) >= 11 is 0. The maximum absolute atomic E-state index is 3.43. The van der Waals surface area contributed by atoms with Gasteiger partial charge in [-0.3, -0.25) is 0 Å². The van der Waals surface area contributed by atoms with Crippen molar-refractivity contribution in [2.75, 3.05) is 7.05 Å². The van der Waals surface area contributed by atoms with E-state index in [1.807, 2.05) is 0 Å². The molecular weight excluding hydrogens is 206 g/mol. The van der Waals surface area contributed by atoms with Gasteiger partial charge in [0.15, 0.2) is 0 Å². The predicted octanol–water partition coefficient (Wildman–Crippen LogP) is 3.99. The lowest BCUT2D eigenvalue weighted by Gasteiger charge is -2.30. The summed E-state index contributed by atoms with van der Waals surface area (Å²) in [7, 11) is 2.05. The second-order valence-electron chi connectivity index (χ2n) is 6.31. The summed E-state index contributed by atoms with van der Waals surface area (Å²) in [4.78, 5) is 0. The van der Waals surface area contributed by atoms with Crippen molar-refractivity contribution in [3.05, 3.63) is 35.4 Å². The van der Waals surface area contributed by atoms with Crippen LogP contribution in [0, 0.1) is 5.41 Å². The fourth-order valence-corrected chi connectivity index (χ4v) is 2.12. The highest BCUT2D eigenvalue weighted by molar-refractivity contribution is 5.25. The smallest absolute Gasteiger partial charge is 0.0153 e. The van der Waals surface area contributed by atoms with Crippen molar-refractivity contribution in [2.45, 2.75) is 53.0 Å². The molecule has 0 amide bonds. The van der Waals surface area contributed by atoms with E-state index in [1.54, 1.807) is 0 Å². The van der Waals surface area contributed by atoms with E-state index in [0.717, 1.165) is 6.42 Å². The molecule has 0 saturated heterocycles. The highest BCUT2D eigenvalue weighted by Gasteiger charge is 2.22. The molecule has 1 aromatic carbocycles. The van der Waals surface area contributed by atoms with Gasteiger partial charge in [0.2, 0.25) is 0 Å². The zero-order valence-corrected chi connectivity index (χ0v) is 12.2. The molecule has 1 heteroatoms. The van der Waals surface area contributed by atoms with Crippen molar-refractivity contribution in [2.24, 2.45) is 5.41 Å². The van der Waals surface area contributed by atoms with E-state index in [0.29, 0.717) is 17.4 Å². The van der Waals surface area contributed by atoms with Crippen LogP contribution in [0.15, 0.2) is 24.3 Å². The van der Waals surface area contributed by atoms with Crippen LogP contribution in [0.5, 0.6) is 0 Å². The molecule has 0 aliphatic carbocycles. The standard InChI is InChI=1S/C16H27N/c1-12(2)14-9-7-13(8-10-14)11-15(17-6)16(3,4)5/h7-10,12,15,17H,11H2,1-6H3. The van der Waals surface area contributed by atoms with Gasteiger partial charge in [-0.25, -0.2) is 0 Å². The molecular formula is C16H27N. The van der Waals surface area contributed by atoms with Crippen LogP contribution in [0.1, 0.15) is 51.7 Å². The molecule has 1 unspecified atom stereocenters. The highest BCUT2D eigenvalue weighted by Crippen LogP contribution is 2.23. The third-order valence-electron chi connectivity index (χ3n) is 3.48. The minimum atomic E-state index is 0.297. The van der Waals surface area contributed by atoms with Crippen molar-refractivity contribution < 1.29 is 0 Å². The third kappa shape index (κ3) is 4.16. The number of hydrogen-bond donors (Lipinski definition) is 1. The topological polar surface area (TPSA) is 12.0 Å². The lowest BCUT2D eigenvalue weighted by Crippen LogP contribution is -2.39. The van der Waals surface area contributed by atoms with Gasteiger partial charge in [-0.1, -0.05) is 58.9 Å². The molecule has 0 radical (unpaired) electrons. The Morgan fingerprint density at radius 2 is 1.59 bits per heavy atom. The van der Waals surface area contributed by atoms with E-state index in [1.165, 1.54) is 11.1 Å². The number of nitrogens with one attached hydrogen (secondary N) is 1. The summed E-state index contributed by atoms with van der Waals surface area (Å²) < 4.78 is 0. The van der Waals surface area contributed by atoms with Crippen LogP contribution in [0.3, 0.4) is 0 Å². The van der Waals surface area contributed by atoms with Crippen LogP contribution in [0.2, 0.25) is 0 Å². The Bertz CT molecular complexity index is 330. The summed E-state index contributed by atoms with van der Waals surface area (Å²) in [5, 5.41) is 3.43. The molecule has 1 rings (SSSR count). The van der Waals surface area contributed by atoms with Crippen molar-refractivity contribution in [1.29, 1.82) is 0 Å². The first-order valence-electron chi connectivity index (χ1n) is 6.60. The third-order valence-corrected chi connectivity index (χ3v) is 3.48. The van der Waals surface area contributed by atoms with Gasteiger partial charge in [0.05, 0.1) is 0 Å². The molecule has 96 valence electrons. The lowest BCUT2D eigenvalue weighted by atomic mass is 9.83. The van der Waals surface area contributed by atoms with E-state index >= 15 is 0 Å². The molecule has 0 aromatic heterocycles. The minimum Gasteiger partial charge on any atom is -0.316 e.